The molecule has 3 aromatic rings. The summed E-state index contributed by atoms with van der Waals surface area (Å²) < 4.78 is 31.8. The molecular weight excluding hydrogens is 373 g/mol. The van der Waals surface area contributed by atoms with Crippen LogP contribution in [-0.4, -0.2) is 25.5 Å². The van der Waals surface area contributed by atoms with Gasteiger partial charge in [0, 0.05) is 5.39 Å². The number of ether oxygens (including phenoxy) is 1. The Morgan fingerprint density at radius 3 is 2.42 bits per heavy atom. The number of carbonyl (C=O) groups is 1. The maximum absolute atomic E-state index is 13.1. The van der Waals surface area contributed by atoms with E-state index in [1.54, 1.807) is 24.3 Å². The molecule has 0 fully saturated rings. The highest BCUT2D eigenvalue weighted by atomic mass is 35.5. The molecule has 2 aromatic carbocycles. The van der Waals surface area contributed by atoms with E-state index in [1.807, 2.05) is 0 Å². The maximum atomic E-state index is 13.1. The van der Waals surface area contributed by atoms with Crippen LogP contribution < -0.4 is 0 Å². The number of carbonyl (C=O) groups excluding carboxylic acids is 1. The third-order valence-electron chi connectivity index (χ3n) is 3.49. The number of nitrogens with zero attached hydrogens (tertiary/aromatic N) is 1. The fourth-order valence-electron chi connectivity index (χ4n) is 2.38. The monoisotopic (exact) mass is 383 g/mol. The Balaban J connectivity index is 2.34. The maximum Gasteiger partial charge on any atom is 0.355 e. The minimum Gasteiger partial charge on any atom is -0.464 e. The van der Waals surface area contributed by atoms with Gasteiger partial charge in [-0.3, -0.25) is 0 Å². The van der Waals surface area contributed by atoms with E-state index in [4.69, 9.17) is 27.9 Å². The second-order valence-corrected chi connectivity index (χ2v) is 7.53. The Labute approximate surface area is 148 Å². The van der Waals surface area contributed by atoms with Crippen LogP contribution in [0.3, 0.4) is 0 Å². The molecule has 0 atom stereocenters. The van der Waals surface area contributed by atoms with Gasteiger partial charge in [0.2, 0.25) is 0 Å². The fraction of sp³-hybridized carbons (Fsp3) is 0.0625. The first kappa shape index (κ1) is 16.8. The molecule has 0 aliphatic carbocycles. The second-order valence-electron chi connectivity index (χ2n) is 4.93. The molecule has 5 nitrogen and oxygen atoms in total. The van der Waals surface area contributed by atoms with Gasteiger partial charge in [0.1, 0.15) is 5.69 Å². The smallest absolute Gasteiger partial charge is 0.355 e. The first-order valence-electron chi connectivity index (χ1n) is 6.75. The number of fused-ring (bicyclic) bond motifs is 1. The predicted molar refractivity (Wildman–Crippen MR) is 92.3 cm³/mol. The van der Waals surface area contributed by atoms with Crippen molar-refractivity contribution < 1.29 is 17.9 Å². The molecule has 8 heteroatoms. The number of benzene rings is 2. The summed E-state index contributed by atoms with van der Waals surface area (Å²) in [6.07, 6.45) is 0. The molecule has 0 unspecified atom stereocenters. The first-order valence-corrected chi connectivity index (χ1v) is 8.95. The third-order valence-corrected chi connectivity index (χ3v) is 5.95. The number of halogens is 2. The lowest BCUT2D eigenvalue weighted by Gasteiger charge is -2.11. The van der Waals surface area contributed by atoms with Crippen LogP contribution in [0.1, 0.15) is 10.5 Å². The van der Waals surface area contributed by atoms with Crippen molar-refractivity contribution in [2.75, 3.05) is 7.11 Å². The number of methoxy groups -OCH3 is 1. The van der Waals surface area contributed by atoms with Crippen molar-refractivity contribution in [1.82, 2.24) is 3.97 Å². The molecule has 0 radical (unpaired) electrons. The minimum absolute atomic E-state index is 0.0802. The molecule has 1 aromatic heterocycles. The van der Waals surface area contributed by atoms with E-state index < -0.39 is 16.0 Å². The lowest BCUT2D eigenvalue weighted by Crippen LogP contribution is -2.19. The Kier molecular flexibility index (Phi) is 4.29. The van der Waals surface area contributed by atoms with Crippen molar-refractivity contribution in [1.29, 1.82) is 0 Å². The van der Waals surface area contributed by atoms with Crippen LogP contribution in [0.25, 0.3) is 10.9 Å². The zero-order valence-electron chi connectivity index (χ0n) is 12.4. The molecule has 0 N–H and O–H groups in total. The molecule has 3 rings (SSSR count). The highest BCUT2D eigenvalue weighted by molar-refractivity contribution is 7.90. The number of para-hydroxylation sites is 1. The van der Waals surface area contributed by atoms with Crippen LogP contribution in [0.5, 0.6) is 0 Å². The zero-order chi connectivity index (χ0) is 17.5. The summed E-state index contributed by atoms with van der Waals surface area (Å²) in [5.74, 6) is -0.755. The van der Waals surface area contributed by atoms with E-state index in [2.05, 4.69) is 0 Å². The quantitative estimate of drug-likeness (QED) is 0.641. The van der Waals surface area contributed by atoms with Crippen molar-refractivity contribution in [3.05, 3.63) is 64.3 Å². The van der Waals surface area contributed by atoms with Crippen LogP contribution in [0.15, 0.2) is 53.4 Å². The number of rotatable bonds is 3. The standard InChI is InChI=1S/C16H11Cl2NO4S/c1-23-16(20)15-8-10-4-2-3-5-14(10)19(15)24(21,22)11-6-7-12(17)13(18)9-11/h2-9H,1H3. The van der Waals surface area contributed by atoms with E-state index in [0.29, 0.717) is 10.9 Å². The Bertz CT molecular complexity index is 1060. The van der Waals surface area contributed by atoms with E-state index in [0.717, 1.165) is 3.97 Å². The van der Waals surface area contributed by atoms with Crippen LogP contribution in [-0.2, 0) is 14.8 Å². The topological polar surface area (TPSA) is 65.4 Å². The molecule has 0 saturated carbocycles. The molecule has 1 heterocycles. The summed E-state index contributed by atoms with van der Waals surface area (Å²) in [5.41, 5.74) is 0.272. The van der Waals surface area contributed by atoms with Crippen molar-refractivity contribution in [2.45, 2.75) is 4.90 Å². The number of aromatic nitrogens is 1. The van der Waals surface area contributed by atoms with Crippen LogP contribution in [0.4, 0.5) is 0 Å². The lowest BCUT2D eigenvalue weighted by molar-refractivity contribution is 0.0593. The van der Waals surface area contributed by atoms with Gasteiger partial charge in [-0.2, -0.15) is 0 Å². The molecule has 124 valence electrons. The summed E-state index contributed by atoms with van der Waals surface area (Å²) in [6, 6.07) is 12.2. The molecule has 0 amide bonds. The van der Waals surface area contributed by atoms with E-state index in [9.17, 15) is 13.2 Å². The van der Waals surface area contributed by atoms with E-state index in [-0.39, 0.29) is 20.6 Å². The van der Waals surface area contributed by atoms with Gasteiger partial charge in [-0.15, -0.1) is 0 Å². The summed E-state index contributed by atoms with van der Waals surface area (Å²) >= 11 is 11.8. The Hall–Kier alpha value is -2.02. The Morgan fingerprint density at radius 2 is 1.75 bits per heavy atom. The van der Waals surface area contributed by atoms with Crippen molar-refractivity contribution in [3.8, 4) is 0 Å². The first-order chi connectivity index (χ1) is 11.4. The largest absolute Gasteiger partial charge is 0.464 e. The SMILES string of the molecule is COC(=O)c1cc2ccccc2n1S(=O)(=O)c1ccc(Cl)c(Cl)c1. The van der Waals surface area contributed by atoms with Gasteiger partial charge in [-0.1, -0.05) is 41.4 Å². The van der Waals surface area contributed by atoms with Gasteiger partial charge in [-0.25, -0.2) is 17.2 Å². The zero-order valence-corrected chi connectivity index (χ0v) is 14.7. The number of esters is 1. The van der Waals surface area contributed by atoms with Gasteiger partial charge in [-0.05, 0) is 30.3 Å². The van der Waals surface area contributed by atoms with Crippen LogP contribution in [0.2, 0.25) is 10.0 Å². The van der Waals surface area contributed by atoms with E-state index in [1.165, 1.54) is 31.4 Å². The predicted octanol–water partition coefficient (Wildman–Crippen LogP) is 3.97. The highest BCUT2D eigenvalue weighted by Crippen LogP contribution is 2.29. The van der Waals surface area contributed by atoms with Crippen molar-refractivity contribution in [2.24, 2.45) is 0 Å². The van der Waals surface area contributed by atoms with Gasteiger partial charge >= 0.3 is 5.97 Å². The molecule has 0 aliphatic rings. The molecular formula is C16H11Cl2NO4S. The lowest BCUT2D eigenvalue weighted by atomic mass is 10.2. The van der Waals surface area contributed by atoms with Gasteiger partial charge in [0.15, 0.2) is 0 Å². The summed E-state index contributed by atoms with van der Waals surface area (Å²) in [4.78, 5) is 12.0. The molecule has 0 bridgehead atoms. The minimum atomic E-state index is -4.07. The van der Waals surface area contributed by atoms with Crippen molar-refractivity contribution in [3.63, 3.8) is 0 Å². The summed E-state index contributed by atoms with van der Waals surface area (Å²) in [6.45, 7) is 0. The molecule has 0 spiro atoms. The fourth-order valence-corrected chi connectivity index (χ4v) is 4.27. The van der Waals surface area contributed by atoms with Gasteiger partial charge in [0.25, 0.3) is 10.0 Å². The van der Waals surface area contributed by atoms with Crippen LogP contribution >= 0.6 is 23.2 Å². The van der Waals surface area contributed by atoms with Gasteiger partial charge in [0.05, 0.1) is 27.6 Å². The summed E-state index contributed by atoms with van der Waals surface area (Å²) in [5, 5.41) is 0.941. The number of hydrogen-bond donors (Lipinski definition) is 0. The average Bonchev–Trinajstić information content (AvgIpc) is 2.96. The summed E-state index contributed by atoms with van der Waals surface area (Å²) in [7, 11) is -2.88. The van der Waals surface area contributed by atoms with Crippen LogP contribution in [0, 0.1) is 0 Å². The molecule has 0 aliphatic heterocycles. The van der Waals surface area contributed by atoms with E-state index >= 15 is 0 Å². The Morgan fingerprint density at radius 1 is 1.04 bits per heavy atom. The molecule has 24 heavy (non-hydrogen) atoms. The number of hydrogen-bond acceptors (Lipinski definition) is 4. The second kappa shape index (κ2) is 6.12. The average molecular weight is 384 g/mol. The van der Waals surface area contributed by atoms with Crippen molar-refractivity contribution >= 4 is 50.1 Å². The van der Waals surface area contributed by atoms with Gasteiger partial charge < -0.3 is 4.74 Å². The third kappa shape index (κ3) is 2.66. The highest BCUT2D eigenvalue weighted by Gasteiger charge is 2.27. The normalized spacial score (nSPS) is 11.6. The molecule has 0 saturated heterocycles.